The fourth-order valence-electron chi connectivity index (χ4n) is 5.04. The van der Waals surface area contributed by atoms with Crippen LogP contribution in [0.15, 0.2) is 24.3 Å². The van der Waals surface area contributed by atoms with Crippen molar-refractivity contribution in [3.63, 3.8) is 0 Å². The SMILES string of the molecule is CCOc1cc2c(cc1C(=O)O)C(=N)N(CC(=O)c1cc(C(C)(C)C)c(O)c(C(C)(C)C)c1)C2C(OC)C(N)=O. The number of methoxy groups -OCH3 is 1. The highest BCUT2D eigenvalue weighted by molar-refractivity contribution is 6.08. The van der Waals surface area contributed by atoms with E-state index in [4.69, 9.17) is 20.6 Å². The number of nitrogens with one attached hydrogen (secondary N) is 1. The lowest BCUT2D eigenvalue weighted by atomic mass is 9.78. The van der Waals surface area contributed by atoms with Gasteiger partial charge in [-0.05, 0) is 47.6 Å². The van der Waals surface area contributed by atoms with Gasteiger partial charge in [-0.15, -0.1) is 0 Å². The van der Waals surface area contributed by atoms with Gasteiger partial charge in [-0.2, -0.15) is 0 Å². The number of primary amides is 1. The number of ether oxygens (including phenoxy) is 2. The normalized spacial score (nSPS) is 16.1. The van der Waals surface area contributed by atoms with Gasteiger partial charge in [0.1, 0.15) is 22.9 Å². The van der Waals surface area contributed by atoms with E-state index in [1.165, 1.54) is 24.1 Å². The van der Waals surface area contributed by atoms with Gasteiger partial charge in [-0.25, -0.2) is 4.79 Å². The number of amidine groups is 1. The number of rotatable bonds is 9. The van der Waals surface area contributed by atoms with E-state index in [1.807, 2.05) is 41.5 Å². The molecule has 10 heteroatoms. The molecule has 0 bridgehead atoms. The van der Waals surface area contributed by atoms with E-state index < -0.39 is 34.9 Å². The van der Waals surface area contributed by atoms with Crippen molar-refractivity contribution >= 4 is 23.5 Å². The summed E-state index contributed by atoms with van der Waals surface area (Å²) in [5.74, 6) is -2.34. The second-order valence-corrected chi connectivity index (χ2v) is 12.0. The summed E-state index contributed by atoms with van der Waals surface area (Å²) in [5.41, 5.74) is 6.78. The minimum atomic E-state index is -1.24. The van der Waals surface area contributed by atoms with Crippen molar-refractivity contribution in [2.45, 2.75) is 71.4 Å². The number of carboxylic acids is 1. The molecule has 40 heavy (non-hydrogen) atoms. The Labute approximate surface area is 234 Å². The number of amides is 1. The van der Waals surface area contributed by atoms with Crippen LogP contribution in [0, 0.1) is 5.41 Å². The molecule has 0 aromatic heterocycles. The number of carboxylic acid groups (broad SMARTS) is 1. The van der Waals surface area contributed by atoms with Crippen LogP contribution in [0.1, 0.15) is 97.5 Å². The molecule has 0 spiro atoms. The number of phenols is 1. The van der Waals surface area contributed by atoms with Gasteiger partial charge < -0.3 is 30.3 Å². The maximum absolute atomic E-state index is 13.8. The number of phenolic OH excluding ortho intramolecular Hbond substituents is 1. The predicted molar refractivity (Wildman–Crippen MR) is 151 cm³/mol. The molecular formula is C30H39N3O7. The maximum atomic E-state index is 13.8. The summed E-state index contributed by atoms with van der Waals surface area (Å²) in [5, 5.41) is 29.7. The third-order valence-electron chi connectivity index (χ3n) is 7.06. The highest BCUT2D eigenvalue weighted by atomic mass is 16.5. The highest BCUT2D eigenvalue weighted by Gasteiger charge is 2.44. The van der Waals surface area contributed by atoms with E-state index in [0.29, 0.717) is 22.3 Å². The number of Topliss-reactive ketones (excluding diaryl/α,β-unsaturated/α-hetero) is 1. The molecular weight excluding hydrogens is 514 g/mol. The summed E-state index contributed by atoms with van der Waals surface area (Å²) in [6.07, 6.45) is -1.24. The van der Waals surface area contributed by atoms with Crippen molar-refractivity contribution in [2.75, 3.05) is 20.3 Å². The average Bonchev–Trinajstić information content (AvgIpc) is 3.08. The van der Waals surface area contributed by atoms with E-state index in [-0.39, 0.29) is 47.4 Å². The molecule has 2 aromatic carbocycles. The maximum Gasteiger partial charge on any atom is 0.339 e. The second-order valence-electron chi connectivity index (χ2n) is 12.0. The topological polar surface area (TPSA) is 163 Å². The van der Waals surface area contributed by atoms with Crippen molar-refractivity contribution in [1.82, 2.24) is 4.90 Å². The van der Waals surface area contributed by atoms with Crippen LogP contribution in [0.5, 0.6) is 11.5 Å². The minimum absolute atomic E-state index is 0.0715. The molecule has 1 aliphatic heterocycles. The molecule has 0 saturated heterocycles. The Morgan fingerprint density at radius 3 is 2.02 bits per heavy atom. The summed E-state index contributed by atoms with van der Waals surface area (Å²) in [6, 6.07) is 5.12. The summed E-state index contributed by atoms with van der Waals surface area (Å²) >= 11 is 0. The van der Waals surface area contributed by atoms with Crippen LogP contribution in [0.4, 0.5) is 0 Å². The molecule has 1 aliphatic rings. The molecule has 1 amide bonds. The van der Waals surface area contributed by atoms with Crippen molar-refractivity contribution in [2.24, 2.45) is 5.73 Å². The fourth-order valence-corrected chi connectivity index (χ4v) is 5.04. The molecule has 0 fully saturated rings. The zero-order chi connectivity index (χ0) is 30.3. The number of nitrogens with two attached hydrogens (primary N) is 1. The zero-order valence-corrected chi connectivity index (χ0v) is 24.3. The third-order valence-corrected chi connectivity index (χ3v) is 7.06. The number of carbonyl (C=O) groups excluding carboxylic acids is 2. The van der Waals surface area contributed by atoms with Crippen LogP contribution in [0.25, 0.3) is 0 Å². The lowest BCUT2D eigenvalue weighted by molar-refractivity contribution is -0.130. The van der Waals surface area contributed by atoms with Gasteiger partial charge in [0.25, 0.3) is 0 Å². The third kappa shape index (κ3) is 5.67. The number of aromatic carboxylic acids is 1. The number of hydrogen-bond donors (Lipinski definition) is 4. The first-order chi connectivity index (χ1) is 18.4. The molecule has 10 nitrogen and oxygen atoms in total. The largest absolute Gasteiger partial charge is 0.507 e. The van der Waals surface area contributed by atoms with Gasteiger partial charge in [-0.1, -0.05) is 41.5 Å². The summed E-state index contributed by atoms with van der Waals surface area (Å²) in [6.45, 7) is 13.2. The van der Waals surface area contributed by atoms with E-state index in [2.05, 4.69) is 0 Å². The Balaban J connectivity index is 2.17. The van der Waals surface area contributed by atoms with Crippen LogP contribution in [-0.2, 0) is 20.4 Å². The second kappa shape index (κ2) is 10.9. The first-order valence-corrected chi connectivity index (χ1v) is 13.1. The zero-order valence-electron chi connectivity index (χ0n) is 24.3. The van der Waals surface area contributed by atoms with Crippen LogP contribution in [0.2, 0.25) is 0 Å². The summed E-state index contributed by atoms with van der Waals surface area (Å²) < 4.78 is 11.0. The molecule has 0 saturated carbocycles. The lowest BCUT2D eigenvalue weighted by Crippen LogP contribution is -2.44. The Morgan fingerprint density at radius 2 is 1.60 bits per heavy atom. The number of fused-ring (bicyclic) bond motifs is 1. The summed E-state index contributed by atoms with van der Waals surface area (Å²) in [7, 11) is 1.30. The van der Waals surface area contributed by atoms with Crippen LogP contribution in [-0.4, -0.2) is 65.0 Å². The van der Waals surface area contributed by atoms with Gasteiger partial charge >= 0.3 is 5.97 Å². The van der Waals surface area contributed by atoms with Crippen molar-refractivity contribution in [3.05, 3.63) is 57.6 Å². The van der Waals surface area contributed by atoms with Gasteiger partial charge in [-0.3, -0.25) is 15.0 Å². The highest BCUT2D eigenvalue weighted by Crippen LogP contribution is 2.42. The van der Waals surface area contributed by atoms with E-state index in [9.17, 15) is 24.6 Å². The number of ketones is 1. The number of aromatic hydroxyl groups is 1. The Kier molecular flexibility index (Phi) is 8.36. The van der Waals surface area contributed by atoms with Crippen LogP contribution in [0.3, 0.4) is 0 Å². The smallest absolute Gasteiger partial charge is 0.339 e. The lowest BCUT2D eigenvalue weighted by Gasteiger charge is -2.31. The van der Waals surface area contributed by atoms with E-state index in [0.717, 1.165) is 0 Å². The molecule has 3 rings (SSSR count). The molecule has 0 radical (unpaired) electrons. The molecule has 2 aromatic rings. The van der Waals surface area contributed by atoms with Crippen molar-refractivity contribution in [1.29, 1.82) is 5.41 Å². The van der Waals surface area contributed by atoms with E-state index in [1.54, 1.807) is 19.1 Å². The molecule has 2 atom stereocenters. The monoisotopic (exact) mass is 553 g/mol. The van der Waals surface area contributed by atoms with E-state index >= 15 is 0 Å². The van der Waals surface area contributed by atoms with Crippen molar-refractivity contribution in [3.8, 4) is 11.5 Å². The van der Waals surface area contributed by atoms with Gasteiger partial charge in [0.2, 0.25) is 5.91 Å². The first-order valence-electron chi connectivity index (χ1n) is 13.1. The molecule has 0 aliphatic carbocycles. The van der Waals surface area contributed by atoms with Crippen molar-refractivity contribution < 1.29 is 34.1 Å². The number of hydrogen-bond acceptors (Lipinski definition) is 7. The number of carbonyl (C=O) groups is 3. The fraction of sp³-hybridized carbons (Fsp3) is 0.467. The predicted octanol–water partition coefficient (Wildman–Crippen LogP) is 4.15. The Hall–Kier alpha value is -3.92. The molecule has 2 unspecified atom stereocenters. The summed E-state index contributed by atoms with van der Waals surface area (Å²) in [4.78, 5) is 39.6. The average molecular weight is 554 g/mol. The minimum Gasteiger partial charge on any atom is -0.507 e. The Morgan fingerprint density at radius 1 is 1.05 bits per heavy atom. The first kappa shape index (κ1) is 30.6. The van der Waals surface area contributed by atoms with Gasteiger partial charge in [0, 0.05) is 29.4 Å². The molecule has 1 heterocycles. The van der Waals surface area contributed by atoms with Gasteiger partial charge in [0.15, 0.2) is 11.9 Å². The van der Waals surface area contributed by atoms with Crippen LogP contribution < -0.4 is 10.5 Å². The quantitative estimate of drug-likeness (QED) is 0.337. The van der Waals surface area contributed by atoms with Crippen LogP contribution >= 0.6 is 0 Å². The molecule has 216 valence electrons. The number of nitrogens with zero attached hydrogens (tertiary/aromatic N) is 1. The standard InChI is InChI=1S/C30H39N3O7/c1-9-40-22-13-16-17(12-18(22)28(37)38)26(31)33(23(16)25(39-8)27(32)36)14-21(34)15-10-19(29(2,3)4)24(35)20(11-15)30(5,6)7/h10-13,23,25,31,35H,9,14H2,1-8H3,(H2,32,36)(H,37,38). The molecule has 5 N–H and O–H groups in total. The number of benzene rings is 2. The van der Waals surface area contributed by atoms with Gasteiger partial charge in [0.05, 0.1) is 19.2 Å². The Bertz CT molecular complexity index is 1330.